The second-order valence-electron chi connectivity index (χ2n) is 17.9. The Kier molecular flexibility index (Phi) is 10.8. The molecule has 3 aromatic carbocycles. The molecule has 0 bridgehead atoms. The first-order chi connectivity index (χ1) is 27.6. The number of anilines is 1. The fourth-order valence-corrected chi connectivity index (χ4v) is 11.0. The van der Waals surface area contributed by atoms with E-state index in [1.54, 1.807) is 38.1 Å². The van der Waals surface area contributed by atoms with E-state index in [9.17, 15) is 10.2 Å². The molecule has 12 heteroatoms. The van der Waals surface area contributed by atoms with Gasteiger partial charge in [-0.05, 0) is 86.6 Å². The van der Waals surface area contributed by atoms with Crippen molar-refractivity contribution in [2.45, 2.75) is 119 Å². The average molecular weight is 830 g/mol. The van der Waals surface area contributed by atoms with Gasteiger partial charge < -0.3 is 25.6 Å². The van der Waals surface area contributed by atoms with Gasteiger partial charge in [-0.25, -0.2) is 9.37 Å². The summed E-state index contributed by atoms with van der Waals surface area (Å²) in [6, 6.07) is 24.4. The summed E-state index contributed by atoms with van der Waals surface area (Å²) in [6.45, 7) is 7.96. The Hall–Kier alpha value is -3.90. The highest BCUT2D eigenvalue weighted by Gasteiger charge is 2.77. The van der Waals surface area contributed by atoms with Crippen LogP contribution in [0.4, 0.5) is 10.2 Å². The third-order valence-electron chi connectivity index (χ3n) is 13.5. The van der Waals surface area contributed by atoms with Gasteiger partial charge >= 0.3 is 0 Å². The summed E-state index contributed by atoms with van der Waals surface area (Å²) in [5.41, 5.74) is -2.04. The van der Waals surface area contributed by atoms with E-state index in [4.69, 9.17) is 27.9 Å². The fraction of sp³-hybridized carbons (Fsp3) is 0.457. The van der Waals surface area contributed by atoms with Gasteiger partial charge in [0.25, 0.3) is 0 Å². The predicted octanol–water partition coefficient (Wildman–Crippen LogP) is 8.43. The molecule has 4 aliphatic rings. The number of rotatable bonds is 8. The first-order valence-electron chi connectivity index (χ1n) is 20.2. The van der Waals surface area contributed by atoms with Crippen LogP contribution in [0.25, 0.3) is 0 Å². The molecule has 2 saturated heterocycles. The number of hydrogen-bond donors (Lipinski definition) is 4. The van der Waals surface area contributed by atoms with Crippen LogP contribution in [0.2, 0.25) is 10.2 Å². The topological polar surface area (TPSA) is 124 Å². The number of pyridine rings is 1. The molecule has 9 nitrogen and oxygen atoms in total. The number of hydrogen-bond acceptors (Lipinski definition) is 7. The highest BCUT2D eigenvalue weighted by atomic mass is 35.5. The molecule has 4 N–H and O–H groups in total. The monoisotopic (exact) mass is 828 g/mol. The SMILES string of the molecule is CC1(C)CCC2(CC1)N([C@H](c1ccccc1)[C@@H](O)c1ccccc1)[C@@H](C(=O)N[C@@H]1CC[C@@H](C(C)(C)O)OC1)[C@H](c1cccc(Cl)c1F)[C@]21C(=O)Nc2nc(Cl)ccc21. The Bertz CT molecular complexity index is 2170. The molecule has 1 aromatic heterocycles. The van der Waals surface area contributed by atoms with Gasteiger partial charge in [-0.2, -0.15) is 0 Å². The summed E-state index contributed by atoms with van der Waals surface area (Å²) in [6.07, 6.45) is 1.62. The lowest BCUT2D eigenvalue weighted by molar-refractivity contribution is -0.140. The average Bonchev–Trinajstić information content (AvgIpc) is 3.62. The number of aliphatic hydroxyl groups is 2. The van der Waals surface area contributed by atoms with Crippen molar-refractivity contribution in [2.75, 3.05) is 11.9 Å². The van der Waals surface area contributed by atoms with Crippen molar-refractivity contribution in [3.8, 4) is 0 Å². The summed E-state index contributed by atoms with van der Waals surface area (Å²) in [5.74, 6) is -2.49. The highest BCUT2D eigenvalue weighted by molar-refractivity contribution is 6.31. The largest absolute Gasteiger partial charge is 0.388 e. The molecular formula is C46H51Cl2FN4O5. The number of likely N-dealkylation sites (tertiary alicyclic amines) is 1. The van der Waals surface area contributed by atoms with Gasteiger partial charge in [0.2, 0.25) is 11.8 Å². The van der Waals surface area contributed by atoms with Crippen LogP contribution in [0.1, 0.15) is 107 Å². The molecule has 4 heterocycles. The lowest BCUT2D eigenvalue weighted by Gasteiger charge is -2.56. The van der Waals surface area contributed by atoms with E-state index in [0.717, 1.165) is 5.56 Å². The third kappa shape index (κ3) is 6.74. The van der Waals surface area contributed by atoms with E-state index in [2.05, 4.69) is 34.4 Å². The molecule has 1 saturated carbocycles. The molecule has 1 aliphatic carbocycles. The zero-order valence-corrected chi connectivity index (χ0v) is 34.7. The molecule has 3 fully saturated rings. The Morgan fingerprint density at radius 3 is 2.22 bits per heavy atom. The molecule has 7 atom stereocenters. The van der Waals surface area contributed by atoms with Crippen LogP contribution in [-0.2, 0) is 19.7 Å². The number of benzene rings is 3. The van der Waals surface area contributed by atoms with Crippen LogP contribution in [0.15, 0.2) is 91.0 Å². The van der Waals surface area contributed by atoms with E-state index in [1.807, 2.05) is 60.7 Å². The van der Waals surface area contributed by atoms with E-state index < -0.39 is 70.4 Å². The van der Waals surface area contributed by atoms with Gasteiger partial charge in [0.15, 0.2) is 0 Å². The maximum absolute atomic E-state index is 17.1. The third-order valence-corrected chi connectivity index (χ3v) is 14.0. The summed E-state index contributed by atoms with van der Waals surface area (Å²) in [7, 11) is 0. The number of ether oxygens (including phenoxy) is 1. The zero-order valence-electron chi connectivity index (χ0n) is 33.2. The number of nitrogens with zero attached hydrogens (tertiary/aromatic N) is 2. The predicted molar refractivity (Wildman–Crippen MR) is 222 cm³/mol. The van der Waals surface area contributed by atoms with Crippen molar-refractivity contribution in [2.24, 2.45) is 5.41 Å². The second-order valence-corrected chi connectivity index (χ2v) is 18.7. The van der Waals surface area contributed by atoms with Crippen molar-refractivity contribution in [1.29, 1.82) is 0 Å². The van der Waals surface area contributed by atoms with Crippen molar-refractivity contribution >= 4 is 40.8 Å². The van der Waals surface area contributed by atoms with Crippen molar-refractivity contribution in [3.63, 3.8) is 0 Å². The minimum Gasteiger partial charge on any atom is -0.388 e. The first-order valence-corrected chi connectivity index (χ1v) is 21.0. The maximum Gasteiger partial charge on any atom is 0.238 e. The van der Waals surface area contributed by atoms with Gasteiger partial charge in [0.1, 0.15) is 22.2 Å². The Labute approximate surface area is 349 Å². The standard InChI is InChI=1S/C46H51Cl2FN4O5/c1-43(2)22-24-45(25-23-43)46(31-19-21-34(48)51-40(31)52-42(46)56)35(30-16-11-17-32(47)36(30)49)38(41(55)50-29-18-20-33(58-26-29)44(3,4)57)53(45)37(27-12-7-5-8-13-27)39(54)28-14-9-6-10-15-28/h5-17,19,21,29,33,35,37-39,54,57H,18,20,22-26H2,1-4H3,(H,50,55)(H,51,52,56)/t29-,33+,35+,37-,38-,39+,46-/m1/s1. The summed E-state index contributed by atoms with van der Waals surface area (Å²) >= 11 is 13.1. The van der Waals surface area contributed by atoms with Crippen LogP contribution in [0.3, 0.4) is 0 Å². The number of halogens is 3. The molecule has 2 spiro atoms. The maximum atomic E-state index is 17.1. The number of fused-ring (bicyclic) bond motifs is 3. The van der Waals surface area contributed by atoms with Gasteiger partial charge in [-0.3, -0.25) is 14.5 Å². The van der Waals surface area contributed by atoms with E-state index in [-0.39, 0.29) is 33.6 Å². The molecule has 306 valence electrons. The summed E-state index contributed by atoms with van der Waals surface area (Å²) < 4.78 is 23.2. The second kappa shape index (κ2) is 15.3. The van der Waals surface area contributed by atoms with Gasteiger partial charge in [-0.15, -0.1) is 0 Å². The molecule has 0 unspecified atom stereocenters. The normalized spacial score (nSPS) is 27.6. The molecule has 8 rings (SSSR count). The Morgan fingerprint density at radius 2 is 1.60 bits per heavy atom. The fourth-order valence-electron chi connectivity index (χ4n) is 10.7. The Balaban J connectivity index is 1.43. The van der Waals surface area contributed by atoms with Gasteiger partial charge in [0.05, 0.1) is 47.6 Å². The first kappa shape index (κ1) is 40.9. The van der Waals surface area contributed by atoms with Crippen molar-refractivity contribution < 1.29 is 28.9 Å². The number of aliphatic hydroxyl groups excluding tert-OH is 1. The lowest BCUT2D eigenvalue weighted by Crippen LogP contribution is -2.64. The number of nitrogens with one attached hydrogen (secondary N) is 2. The van der Waals surface area contributed by atoms with Crippen molar-refractivity contribution in [3.05, 3.63) is 129 Å². The molecular weight excluding hydrogens is 778 g/mol. The van der Waals surface area contributed by atoms with Crippen LogP contribution < -0.4 is 10.6 Å². The lowest BCUT2D eigenvalue weighted by atomic mass is 9.53. The van der Waals surface area contributed by atoms with Crippen LogP contribution in [0, 0.1) is 11.2 Å². The summed E-state index contributed by atoms with van der Waals surface area (Å²) in [5, 5.41) is 30.0. The number of carbonyl (C=O) groups is 2. The smallest absolute Gasteiger partial charge is 0.238 e. The minimum atomic E-state index is -1.62. The van der Waals surface area contributed by atoms with E-state index in [0.29, 0.717) is 49.7 Å². The van der Waals surface area contributed by atoms with Crippen molar-refractivity contribution in [1.82, 2.24) is 15.2 Å². The van der Waals surface area contributed by atoms with Crippen LogP contribution in [0.5, 0.6) is 0 Å². The molecule has 58 heavy (non-hydrogen) atoms. The highest BCUT2D eigenvalue weighted by Crippen LogP contribution is 2.69. The quantitative estimate of drug-likeness (QED) is 0.132. The molecule has 0 radical (unpaired) electrons. The van der Waals surface area contributed by atoms with E-state index in [1.165, 1.54) is 6.07 Å². The number of amides is 2. The molecule has 2 amide bonds. The van der Waals surface area contributed by atoms with E-state index >= 15 is 14.0 Å². The number of aromatic nitrogens is 1. The molecule has 4 aromatic rings. The zero-order chi connectivity index (χ0) is 41.2. The van der Waals surface area contributed by atoms with Crippen LogP contribution >= 0.6 is 23.2 Å². The Morgan fingerprint density at radius 1 is 0.948 bits per heavy atom. The van der Waals surface area contributed by atoms with Crippen LogP contribution in [-0.4, -0.2) is 67.8 Å². The van der Waals surface area contributed by atoms with Gasteiger partial charge in [0, 0.05) is 17.0 Å². The number of carbonyl (C=O) groups excluding carboxylic acids is 2. The summed E-state index contributed by atoms with van der Waals surface area (Å²) in [4.78, 5) is 38.1. The van der Waals surface area contributed by atoms with Gasteiger partial charge in [-0.1, -0.05) is 116 Å². The minimum absolute atomic E-state index is 0.111. The molecule has 3 aliphatic heterocycles.